The molecule has 0 aromatic heterocycles. The Bertz CT molecular complexity index is 294. The summed E-state index contributed by atoms with van der Waals surface area (Å²) in [5.41, 5.74) is 7.58. The Kier molecular flexibility index (Phi) is 3.44. The van der Waals surface area contributed by atoms with Crippen molar-refractivity contribution in [3.05, 3.63) is 33.4 Å². The van der Waals surface area contributed by atoms with E-state index >= 15 is 0 Å². The molecule has 1 saturated carbocycles. The van der Waals surface area contributed by atoms with Crippen molar-refractivity contribution in [1.29, 1.82) is 0 Å². The molecular weight excluding hydrogens is 285 g/mol. The molecule has 0 bridgehead atoms. The summed E-state index contributed by atoms with van der Waals surface area (Å²) >= 11 is 2.34. The topological polar surface area (TPSA) is 26.0 Å². The molecular formula is C12H16IN. The monoisotopic (exact) mass is 301 g/mol. The second-order valence-corrected chi connectivity index (χ2v) is 5.35. The number of halogens is 1. The predicted octanol–water partition coefficient (Wildman–Crippen LogP) is 3.28. The molecule has 2 rings (SSSR count). The van der Waals surface area contributed by atoms with Gasteiger partial charge in [-0.15, -0.1) is 0 Å². The number of hydrogen-bond donors (Lipinski definition) is 1. The molecule has 1 aliphatic rings. The minimum Gasteiger partial charge on any atom is -0.327 e. The smallest absolute Gasteiger partial charge is 0.0130 e. The third-order valence-corrected chi connectivity index (χ3v) is 3.84. The molecule has 2 unspecified atom stereocenters. The molecule has 14 heavy (non-hydrogen) atoms. The van der Waals surface area contributed by atoms with Crippen molar-refractivity contribution in [2.24, 2.45) is 5.73 Å². The van der Waals surface area contributed by atoms with Gasteiger partial charge in [0, 0.05) is 9.61 Å². The molecule has 76 valence electrons. The van der Waals surface area contributed by atoms with Gasteiger partial charge in [-0.1, -0.05) is 25.0 Å². The summed E-state index contributed by atoms with van der Waals surface area (Å²) < 4.78 is 1.30. The first kappa shape index (κ1) is 10.4. The molecule has 0 aliphatic heterocycles. The number of benzene rings is 1. The minimum atomic E-state index is 0.379. The van der Waals surface area contributed by atoms with Crippen LogP contribution in [0.5, 0.6) is 0 Å². The predicted molar refractivity (Wildman–Crippen MR) is 68.3 cm³/mol. The van der Waals surface area contributed by atoms with E-state index in [1.807, 2.05) is 0 Å². The molecule has 2 heteroatoms. The van der Waals surface area contributed by atoms with Gasteiger partial charge in [0.1, 0.15) is 0 Å². The summed E-state index contributed by atoms with van der Waals surface area (Å²) in [6.07, 6.45) is 5.10. The second-order valence-electron chi connectivity index (χ2n) is 4.11. The molecule has 1 aromatic rings. The first-order valence-electron chi connectivity index (χ1n) is 5.28. The fourth-order valence-electron chi connectivity index (χ4n) is 2.28. The molecule has 0 saturated heterocycles. The van der Waals surface area contributed by atoms with E-state index in [4.69, 9.17) is 5.73 Å². The molecule has 0 amide bonds. The number of rotatable bonds is 1. The fraction of sp³-hybridized carbons (Fsp3) is 0.500. The summed E-state index contributed by atoms with van der Waals surface area (Å²) in [6, 6.07) is 9.20. The first-order chi connectivity index (χ1) is 6.77. The highest BCUT2D eigenvalue weighted by molar-refractivity contribution is 14.1. The normalized spacial score (nSPS) is 27.6. The zero-order chi connectivity index (χ0) is 9.97. The van der Waals surface area contributed by atoms with Gasteiger partial charge in [0.05, 0.1) is 0 Å². The van der Waals surface area contributed by atoms with Crippen molar-refractivity contribution < 1.29 is 0 Å². The van der Waals surface area contributed by atoms with Gasteiger partial charge in [-0.05, 0) is 59.0 Å². The maximum Gasteiger partial charge on any atom is 0.0130 e. The lowest BCUT2D eigenvalue weighted by Gasteiger charge is -2.28. The lowest BCUT2D eigenvalue weighted by molar-refractivity contribution is 0.385. The van der Waals surface area contributed by atoms with Crippen LogP contribution in [0.15, 0.2) is 24.3 Å². The van der Waals surface area contributed by atoms with Crippen molar-refractivity contribution >= 4 is 22.6 Å². The third-order valence-electron chi connectivity index (χ3n) is 3.12. The zero-order valence-electron chi connectivity index (χ0n) is 8.25. The molecule has 1 aromatic carbocycles. The molecule has 1 nitrogen and oxygen atoms in total. The number of nitrogens with two attached hydrogens (primary N) is 1. The Morgan fingerprint density at radius 3 is 2.36 bits per heavy atom. The largest absolute Gasteiger partial charge is 0.327 e. The van der Waals surface area contributed by atoms with Crippen LogP contribution in [0, 0.1) is 3.57 Å². The summed E-state index contributed by atoms with van der Waals surface area (Å²) in [5.74, 6) is 0.598. The third kappa shape index (κ3) is 2.28. The molecule has 2 N–H and O–H groups in total. The van der Waals surface area contributed by atoms with Gasteiger partial charge in [-0.2, -0.15) is 0 Å². The van der Waals surface area contributed by atoms with E-state index in [2.05, 4.69) is 46.9 Å². The summed E-state index contributed by atoms with van der Waals surface area (Å²) in [7, 11) is 0. The second kappa shape index (κ2) is 4.62. The van der Waals surface area contributed by atoms with Gasteiger partial charge < -0.3 is 5.73 Å². The Morgan fingerprint density at radius 1 is 1.07 bits per heavy atom. The van der Waals surface area contributed by atoms with E-state index in [1.54, 1.807) is 0 Å². The number of hydrogen-bond acceptors (Lipinski definition) is 1. The highest BCUT2D eigenvalue weighted by Gasteiger charge is 2.22. The van der Waals surface area contributed by atoms with Crippen LogP contribution in [0.3, 0.4) is 0 Å². The Morgan fingerprint density at radius 2 is 1.71 bits per heavy atom. The average molecular weight is 301 g/mol. The molecule has 2 atom stereocenters. The van der Waals surface area contributed by atoms with Gasteiger partial charge in [0.25, 0.3) is 0 Å². The first-order valence-corrected chi connectivity index (χ1v) is 6.36. The van der Waals surface area contributed by atoms with Gasteiger partial charge in [0.2, 0.25) is 0 Å². The van der Waals surface area contributed by atoms with E-state index in [0.29, 0.717) is 12.0 Å². The maximum atomic E-state index is 6.15. The van der Waals surface area contributed by atoms with Crippen LogP contribution in [-0.2, 0) is 0 Å². The van der Waals surface area contributed by atoms with Crippen LogP contribution in [0.2, 0.25) is 0 Å². The van der Waals surface area contributed by atoms with Crippen molar-refractivity contribution in [1.82, 2.24) is 0 Å². The van der Waals surface area contributed by atoms with Crippen LogP contribution in [0.25, 0.3) is 0 Å². The average Bonchev–Trinajstić information content (AvgIpc) is 2.20. The lowest BCUT2D eigenvalue weighted by Crippen LogP contribution is -2.31. The van der Waals surface area contributed by atoms with Gasteiger partial charge in [0.15, 0.2) is 0 Å². The molecule has 0 spiro atoms. The summed E-state index contributed by atoms with van der Waals surface area (Å²) in [4.78, 5) is 0. The minimum absolute atomic E-state index is 0.379. The molecule has 0 heterocycles. The quantitative estimate of drug-likeness (QED) is 0.792. The Hall–Kier alpha value is -0.0900. The molecule has 0 radical (unpaired) electrons. The Labute approximate surface area is 99.2 Å². The van der Waals surface area contributed by atoms with Crippen molar-refractivity contribution in [3.8, 4) is 0 Å². The van der Waals surface area contributed by atoms with Crippen molar-refractivity contribution in [2.75, 3.05) is 0 Å². The van der Waals surface area contributed by atoms with Crippen LogP contribution < -0.4 is 5.73 Å². The Balaban J connectivity index is 2.16. The molecule has 1 aliphatic carbocycles. The SMILES string of the molecule is NC1CCCCC1c1ccc(I)cc1. The maximum absolute atomic E-state index is 6.15. The van der Waals surface area contributed by atoms with Crippen molar-refractivity contribution in [2.45, 2.75) is 37.6 Å². The standard InChI is InChI=1S/C12H16IN/c13-10-7-5-9(6-8-10)11-3-1-2-4-12(11)14/h5-8,11-12H,1-4,14H2. The van der Waals surface area contributed by atoms with E-state index in [9.17, 15) is 0 Å². The fourth-order valence-corrected chi connectivity index (χ4v) is 2.64. The van der Waals surface area contributed by atoms with Crippen LogP contribution in [-0.4, -0.2) is 6.04 Å². The van der Waals surface area contributed by atoms with E-state index in [1.165, 1.54) is 34.8 Å². The van der Waals surface area contributed by atoms with Gasteiger partial charge in [-0.3, -0.25) is 0 Å². The van der Waals surface area contributed by atoms with Crippen LogP contribution >= 0.6 is 22.6 Å². The van der Waals surface area contributed by atoms with E-state index in [0.717, 1.165) is 0 Å². The van der Waals surface area contributed by atoms with E-state index in [-0.39, 0.29) is 0 Å². The van der Waals surface area contributed by atoms with Crippen LogP contribution in [0.1, 0.15) is 37.2 Å². The van der Waals surface area contributed by atoms with E-state index < -0.39 is 0 Å². The summed E-state index contributed by atoms with van der Waals surface area (Å²) in [6.45, 7) is 0. The van der Waals surface area contributed by atoms with Gasteiger partial charge in [-0.25, -0.2) is 0 Å². The highest BCUT2D eigenvalue weighted by Crippen LogP contribution is 2.31. The van der Waals surface area contributed by atoms with Gasteiger partial charge >= 0.3 is 0 Å². The lowest BCUT2D eigenvalue weighted by atomic mass is 9.80. The zero-order valence-corrected chi connectivity index (χ0v) is 10.4. The summed E-state index contributed by atoms with van der Waals surface area (Å²) in [5, 5.41) is 0. The highest BCUT2D eigenvalue weighted by atomic mass is 127. The molecule has 1 fully saturated rings. The van der Waals surface area contributed by atoms with Crippen molar-refractivity contribution in [3.63, 3.8) is 0 Å². The van der Waals surface area contributed by atoms with Crippen LogP contribution in [0.4, 0.5) is 0 Å².